The number of nitrogens with two attached hydrogens (primary N) is 1. The number of Topliss-reactive ketones (excluding diaryl/α,β-unsaturated/α-hetero) is 1. The summed E-state index contributed by atoms with van der Waals surface area (Å²) in [7, 11) is 0. The van der Waals surface area contributed by atoms with Crippen molar-refractivity contribution >= 4 is 11.8 Å². The van der Waals surface area contributed by atoms with E-state index in [2.05, 4.69) is 19.9 Å². The highest BCUT2D eigenvalue weighted by Crippen LogP contribution is 2.66. The van der Waals surface area contributed by atoms with Gasteiger partial charge in [-0.1, -0.05) is 33.3 Å². The second-order valence-corrected chi connectivity index (χ2v) is 11.6. The third-order valence-electron chi connectivity index (χ3n) is 9.82. The van der Waals surface area contributed by atoms with Crippen LogP contribution in [0.2, 0.25) is 0 Å². The number of rotatable bonds is 4. The summed E-state index contributed by atoms with van der Waals surface area (Å²) < 4.78 is 5.79. The molecule has 30 heavy (non-hydrogen) atoms. The molecule has 4 aliphatic carbocycles. The Morgan fingerprint density at radius 2 is 1.80 bits per heavy atom. The van der Waals surface area contributed by atoms with Crippen LogP contribution in [0.3, 0.4) is 0 Å². The van der Waals surface area contributed by atoms with E-state index in [0.717, 1.165) is 31.6 Å². The minimum Gasteiger partial charge on any atom is -0.457 e. The number of carbonyl (C=O) groups excluding carboxylic acids is 2. The lowest BCUT2D eigenvalue weighted by molar-refractivity contribution is -0.151. The van der Waals surface area contributed by atoms with Crippen LogP contribution in [-0.4, -0.2) is 23.9 Å². The fourth-order valence-corrected chi connectivity index (χ4v) is 7.96. The Kier molecular flexibility index (Phi) is 5.70. The predicted molar refractivity (Wildman–Crippen MR) is 119 cm³/mol. The van der Waals surface area contributed by atoms with Gasteiger partial charge in [0.25, 0.3) is 0 Å². The summed E-state index contributed by atoms with van der Waals surface area (Å²) in [6.07, 6.45) is 11.2. The van der Waals surface area contributed by atoms with E-state index in [4.69, 9.17) is 10.5 Å². The molecule has 3 saturated carbocycles. The largest absolute Gasteiger partial charge is 0.457 e. The average Bonchev–Trinajstić information content (AvgIpc) is 3.05. The van der Waals surface area contributed by atoms with E-state index < -0.39 is 6.04 Å². The normalized spacial score (nSPS) is 43.8. The molecule has 0 radical (unpaired) electrons. The minimum atomic E-state index is -0.542. The van der Waals surface area contributed by atoms with Crippen molar-refractivity contribution in [3.8, 4) is 0 Å². The molecule has 3 fully saturated rings. The first kappa shape index (κ1) is 22.0. The molecule has 8 atom stereocenters. The van der Waals surface area contributed by atoms with E-state index in [-0.39, 0.29) is 34.7 Å². The Bertz CT molecular complexity index is 743. The van der Waals surface area contributed by atoms with Crippen molar-refractivity contribution in [2.24, 2.45) is 46.2 Å². The first-order valence-corrected chi connectivity index (χ1v) is 12.3. The molecule has 4 nitrogen and oxygen atoms in total. The lowest BCUT2D eigenvalue weighted by Gasteiger charge is -2.58. The maximum Gasteiger partial charge on any atom is 0.323 e. The van der Waals surface area contributed by atoms with Crippen molar-refractivity contribution in [3.63, 3.8) is 0 Å². The van der Waals surface area contributed by atoms with Gasteiger partial charge in [0.1, 0.15) is 17.9 Å². The van der Waals surface area contributed by atoms with Gasteiger partial charge in [-0.15, -0.1) is 0 Å². The highest BCUT2D eigenvalue weighted by atomic mass is 16.5. The number of ether oxygens (including phenoxy) is 1. The van der Waals surface area contributed by atoms with E-state index in [1.54, 1.807) is 6.92 Å². The molecule has 0 aromatic heterocycles. The van der Waals surface area contributed by atoms with Gasteiger partial charge in [-0.3, -0.25) is 9.59 Å². The number of allylic oxidation sites excluding steroid dienone is 1. The van der Waals surface area contributed by atoms with E-state index in [1.807, 2.05) is 13.8 Å². The number of carbonyl (C=O) groups is 2. The Morgan fingerprint density at radius 3 is 2.47 bits per heavy atom. The van der Waals surface area contributed by atoms with Crippen molar-refractivity contribution < 1.29 is 14.3 Å². The van der Waals surface area contributed by atoms with Crippen LogP contribution in [0.15, 0.2) is 11.6 Å². The van der Waals surface area contributed by atoms with Crippen LogP contribution in [0.4, 0.5) is 0 Å². The first-order valence-electron chi connectivity index (χ1n) is 12.3. The quantitative estimate of drug-likeness (QED) is 0.515. The molecule has 0 saturated heterocycles. The Morgan fingerprint density at radius 1 is 1.07 bits per heavy atom. The number of hydrogen-bond acceptors (Lipinski definition) is 4. The Labute approximate surface area is 182 Å². The van der Waals surface area contributed by atoms with Crippen LogP contribution < -0.4 is 5.73 Å². The van der Waals surface area contributed by atoms with Gasteiger partial charge < -0.3 is 10.5 Å². The van der Waals surface area contributed by atoms with Gasteiger partial charge >= 0.3 is 5.97 Å². The fraction of sp³-hybridized carbons (Fsp3) is 0.846. The molecule has 4 aliphatic rings. The molecule has 3 unspecified atom stereocenters. The third-order valence-corrected chi connectivity index (χ3v) is 9.82. The smallest absolute Gasteiger partial charge is 0.323 e. The molecule has 0 bridgehead atoms. The van der Waals surface area contributed by atoms with Gasteiger partial charge in [-0.2, -0.15) is 0 Å². The number of ketones is 1. The lowest BCUT2D eigenvalue weighted by atomic mass is 9.46. The summed E-state index contributed by atoms with van der Waals surface area (Å²) >= 11 is 0. The summed E-state index contributed by atoms with van der Waals surface area (Å²) in [4.78, 5) is 24.7. The maximum absolute atomic E-state index is 12.4. The summed E-state index contributed by atoms with van der Waals surface area (Å²) in [5.41, 5.74) is 7.94. The van der Waals surface area contributed by atoms with Gasteiger partial charge in [-0.25, -0.2) is 0 Å². The van der Waals surface area contributed by atoms with E-state index in [1.165, 1.54) is 31.3 Å². The predicted octanol–water partition coefficient (Wildman–Crippen LogP) is 5.05. The second kappa shape index (κ2) is 7.76. The van der Waals surface area contributed by atoms with Gasteiger partial charge in [0.15, 0.2) is 0 Å². The van der Waals surface area contributed by atoms with Crippen LogP contribution in [0.5, 0.6) is 0 Å². The molecule has 4 rings (SSSR count). The van der Waals surface area contributed by atoms with Gasteiger partial charge in [-0.05, 0) is 98.9 Å². The SMILES string of the molecule is CC(=O)[C@H]1CCC2C3CCC4=C[C@H](OC(=O)[C@@H](N)C(C)C)CC[C@]4(C)C3CC[C@@]21C. The minimum absolute atomic E-state index is 0.0937. The summed E-state index contributed by atoms with van der Waals surface area (Å²) in [5, 5.41) is 0. The molecule has 0 aromatic rings. The first-order chi connectivity index (χ1) is 14.1. The standard InChI is InChI=1S/C26H41NO3/c1-15(2)23(27)24(29)30-18-10-12-25(4)17(14-18)6-7-19-21-9-8-20(16(3)28)26(21,5)13-11-22(19)25/h14-15,18-23H,6-13,27H2,1-5H3/t18-,19?,20-,21?,22?,23+,25+,26-/m1/s1. The molecular weight excluding hydrogens is 374 g/mol. The van der Waals surface area contributed by atoms with E-state index >= 15 is 0 Å². The summed E-state index contributed by atoms with van der Waals surface area (Å²) in [5.74, 6) is 2.65. The number of hydrogen-bond donors (Lipinski definition) is 1. The number of esters is 1. The zero-order valence-corrected chi connectivity index (χ0v) is 19.6. The second-order valence-electron chi connectivity index (χ2n) is 11.6. The zero-order chi connectivity index (χ0) is 21.8. The molecule has 4 heteroatoms. The van der Waals surface area contributed by atoms with Crippen LogP contribution in [0.25, 0.3) is 0 Å². The van der Waals surface area contributed by atoms with Crippen LogP contribution >= 0.6 is 0 Å². The van der Waals surface area contributed by atoms with Crippen molar-refractivity contribution in [3.05, 3.63) is 11.6 Å². The van der Waals surface area contributed by atoms with Crippen LogP contribution in [0.1, 0.15) is 86.0 Å². The van der Waals surface area contributed by atoms with Gasteiger partial charge in [0.2, 0.25) is 0 Å². The van der Waals surface area contributed by atoms with Crippen molar-refractivity contribution in [2.75, 3.05) is 0 Å². The van der Waals surface area contributed by atoms with E-state index in [9.17, 15) is 9.59 Å². The van der Waals surface area contributed by atoms with Crippen LogP contribution in [0, 0.1) is 40.4 Å². The molecule has 0 spiro atoms. The molecular formula is C26H41NO3. The highest BCUT2D eigenvalue weighted by Gasteiger charge is 2.59. The van der Waals surface area contributed by atoms with E-state index in [0.29, 0.717) is 17.6 Å². The third kappa shape index (κ3) is 3.38. The van der Waals surface area contributed by atoms with Crippen LogP contribution in [-0.2, 0) is 14.3 Å². The average molecular weight is 416 g/mol. The molecule has 0 heterocycles. The molecule has 168 valence electrons. The van der Waals surface area contributed by atoms with Crippen molar-refractivity contribution in [1.82, 2.24) is 0 Å². The molecule has 0 amide bonds. The van der Waals surface area contributed by atoms with Crippen molar-refractivity contribution in [1.29, 1.82) is 0 Å². The highest BCUT2D eigenvalue weighted by molar-refractivity contribution is 5.79. The van der Waals surface area contributed by atoms with Gasteiger partial charge in [0, 0.05) is 5.92 Å². The maximum atomic E-state index is 12.4. The molecule has 0 aromatic carbocycles. The summed E-state index contributed by atoms with van der Waals surface area (Å²) in [6.45, 7) is 10.6. The van der Waals surface area contributed by atoms with Crippen molar-refractivity contribution in [2.45, 2.75) is 98.1 Å². The summed E-state index contributed by atoms with van der Waals surface area (Å²) in [6, 6.07) is -0.542. The fourth-order valence-electron chi connectivity index (χ4n) is 7.96. The lowest BCUT2D eigenvalue weighted by Crippen LogP contribution is -2.51. The molecule has 2 N–H and O–H groups in total. The Hall–Kier alpha value is -1.16. The zero-order valence-electron chi connectivity index (χ0n) is 19.6. The topological polar surface area (TPSA) is 69.4 Å². The number of fused-ring (bicyclic) bond motifs is 5. The molecule has 0 aliphatic heterocycles. The monoisotopic (exact) mass is 415 g/mol. The Balaban J connectivity index is 1.51. The van der Waals surface area contributed by atoms with Gasteiger partial charge in [0.05, 0.1) is 0 Å².